The third kappa shape index (κ3) is 2.34. The molecule has 4 rings (SSSR count). The molecule has 2 atom stereocenters. The predicted octanol–water partition coefficient (Wildman–Crippen LogP) is 3.89. The van der Waals surface area contributed by atoms with Crippen LogP contribution in [-0.2, 0) is 10.1 Å². The van der Waals surface area contributed by atoms with Gasteiger partial charge in [-0.2, -0.15) is 0 Å². The standard InChI is InChI=1S/C17H19BrN2O/c18-11-13-10-12-4-1-2-5-14(12)19-17(13)20-8-9-21-16-7-3-6-15(16)20/h1-2,4-5,10,15-16H,3,6-9,11H2. The van der Waals surface area contributed by atoms with Crippen LogP contribution in [0.3, 0.4) is 0 Å². The Morgan fingerprint density at radius 2 is 2.19 bits per heavy atom. The van der Waals surface area contributed by atoms with E-state index in [0.29, 0.717) is 12.1 Å². The van der Waals surface area contributed by atoms with E-state index in [0.717, 1.165) is 29.8 Å². The SMILES string of the molecule is BrCc1cc2ccccc2nc1N1CCOC2CCCC21. The molecule has 1 aliphatic heterocycles. The number of morpholine rings is 1. The van der Waals surface area contributed by atoms with Gasteiger partial charge in [-0.05, 0) is 31.4 Å². The fraction of sp³-hybridized carbons (Fsp3) is 0.471. The van der Waals surface area contributed by atoms with Gasteiger partial charge in [0, 0.05) is 22.8 Å². The van der Waals surface area contributed by atoms with E-state index >= 15 is 0 Å². The Labute approximate surface area is 133 Å². The second-order valence-corrected chi connectivity index (χ2v) is 6.46. The van der Waals surface area contributed by atoms with Crippen molar-refractivity contribution in [2.45, 2.75) is 36.7 Å². The van der Waals surface area contributed by atoms with Crippen LogP contribution in [-0.4, -0.2) is 30.3 Å². The molecule has 4 heteroatoms. The number of aromatic nitrogens is 1. The molecule has 1 aromatic heterocycles. The second-order valence-electron chi connectivity index (χ2n) is 5.90. The Balaban J connectivity index is 1.80. The Hall–Kier alpha value is -1.13. The zero-order chi connectivity index (χ0) is 14.2. The van der Waals surface area contributed by atoms with Gasteiger partial charge in [-0.25, -0.2) is 4.98 Å². The molecule has 2 fully saturated rings. The van der Waals surface area contributed by atoms with E-state index in [1.54, 1.807) is 0 Å². The molecule has 1 aliphatic carbocycles. The summed E-state index contributed by atoms with van der Waals surface area (Å²) in [5.41, 5.74) is 2.36. The van der Waals surface area contributed by atoms with Crippen LogP contribution in [0.15, 0.2) is 30.3 Å². The van der Waals surface area contributed by atoms with Crippen LogP contribution >= 0.6 is 15.9 Å². The first-order chi connectivity index (χ1) is 10.4. The summed E-state index contributed by atoms with van der Waals surface area (Å²) in [5.74, 6) is 1.14. The molecule has 110 valence electrons. The van der Waals surface area contributed by atoms with E-state index in [9.17, 15) is 0 Å². The predicted molar refractivity (Wildman–Crippen MR) is 89.1 cm³/mol. The lowest BCUT2D eigenvalue weighted by molar-refractivity contribution is 0.0253. The van der Waals surface area contributed by atoms with Gasteiger partial charge < -0.3 is 9.64 Å². The largest absolute Gasteiger partial charge is 0.374 e. The van der Waals surface area contributed by atoms with Crippen LogP contribution < -0.4 is 4.90 Å². The van der Waals surface area contributed by atoms with Gasteiger partial charge in [0.2, 0.25) is 0 Å². The van der Waals surface area contributed by atoms with Gasteiger partial charge in [0.15, 0.2) is 0 Å². The maximum absolute atomic E-state index is 5.93. The molecule has 1 aromatic carbocycles. The maximum Gasteiger partial charge on any atom is 0.133 e. The van der Waals surface area contributed by atoms with Gasteiger partial charge in [0.05, 0.1) is 24.3 Å². The zero-order valence-corrected chi connectivity index (χ0v) is 13.6. The van der Waals surface area contributed by atoms with Crippen molar-refractivity contribution in [2.75, 3.05) is 18.1 Å². The van der Waals surface area contributed by atoms with Crippen molar-refractivity contribution in [1.29, 1.82) is 0 Å². The summed E-state index contributed by atoms with van der Waals surface area (Å²) >= 11 is 3.64. The van der Waals surface area contributed by atoms with Crippen LogP contribution in [0.5, 0.6) is 0 Å². The molecule has 0 spiro atoms. The molecule has 21 heavy (non-hydrogen) atoms. The number of nitrogens with zero attached hydrogens (tertiary/aromatic N) is 2. The number of hydrogen-bond acceptors (Lipinski definition) is 3. The maximum atomic E-state index is 5.93. The van der Waals surface area contributed by atoms with Gasteiger partial charge in [-0.1, -0.05) is 34.1 Å². The molecule has 2 heterocycles. The lowest BCUT2D eigenvalue weighted by Crippen LogP contribution is -2.49. The third-order valence-electron chi connectivity index (χ3n) is 4.68. The fourth-order valence-electron chi connectivity index (χ4n) is 3.69. The molecule has 0 amide bonds. The number of anilines is 1. The fourth-order valence-corrected chi connectivity index (χ4v) is 4.10. The van der Waals surface area contributed by atoms with Crippen LogP contribution in [0.2, 0.25) is 0 Å². The highest BCUT2D eigenvalue weighted by Crippen LogP contribution is 2.35. The first kappa shape index (κ1) is 13.5. The zero-order valence-electron chi connectivity index (χ0n) is 12.0. The van der Waals surface area contributed by atoms with Crippen molar-refractivity contribution < 1.29 is 4.74 Å². The van der Waals surface area contributed by atoms with Crippen molar-refractivity contribution in [3.8, 4) is 0 Å². The van der Waals surface area contributed by atoms with E-state index < -0.39 is 0 Å². The number of halogens is 1. The van der Waals surface area contributed by atoms with Crippen LogP contribution in [0, 0.1) is 0 Å². The molecule has 3 nitrogen and oxygen atoms in total. The number of benzene rings is 1. The van der Waals surface area contributed by atoms with Crippen molar-refractivity contribution >= 4 is 32.7 Å². The molecule has 1 saturated carbocycles. The average Bonchev–Trinajstić information content (AvgIpc) is 3.02. The van der Waals surface area contributed by atoms with Crippen LogP contribution in [0.25, 0.3) is 10.9 Å². The van der Waals surface area contributed by atoms with E-state index in [1.165, 1.54) is 30.2 Å². The molecule has 0 radical (unpaired) electrons. The minimum atomic E-state index is 0.398. The minimum Gasteiger partial charge on any atom is -0.374 e. The third-order valence-corrected chi connectivity index (χ3v) is 5.28. The molecule has 2 unspecified atom stereocenters. The Kier molecular flexibility index (Phi) is 3.59. The van der Waals surface area contributed by atoms with E-state index in [2.05, 4.69) is 51.2 Å². The smallest absolute Gasteiger partial charge is 0.133 e. The normalized spacial score (nSPS) is 25.3. The first-order valence-corrected chi connectivity index (χ1v) is 8.82. The summed E-state index contributed by atoms with van der Waals surface area (Å²) in [6.45, 7) is 1.77. The topological polar surface area (TPSA) is 25.4 Å². The summed E-state index contributed by atoms with van der Waals surface area (Å²) in [6, 6.07) is 11.1. The summed E-state index contributed by atoms with van der Waals surface area (Å²) < 4.78 is 5.93. The van der Waals surface area contributed by atoms with E-state index in [4.69, 9.17) is 9.72 Å². The van der Waals surface area contributed by atoms with Gasteiger partial charge in [-0.3, -0.25) is 0 Å². The monoisotopic (exact) mass is 346 g/mol. The summed E-state index contributed by atoms with van der Waals surface area (Å²) in [4.78, 5) is 7.46. The molecule has 0 N–H and O–H groups in total. The lowest BCUT2D eigenvalue weighted by Gasteiger charge is -2.39. The molecule has 2 aromatic rings. The highest BCUT2D eigenvalue weighted by Gasteiger charge is 2.37. The highest BCUT2D eigenvalue weighted by atomic mass is 79.9. The van der Waals surface area contributed by atoms with Crippen molar-refractivity contribution in [3.05, 3.63) is 35.9 Å². The molecule has 2 aliphatic rings. The van der Waals surface area contributed by atoms with E-state index in [1.807, 2.05) is 0 Å². The second kappa shape index (κ2) is 5.58. The van der Waals surface area contributed by atoms with Crippen molar-refractivity contribution in [2.24, 2.45) is 0 Å². The van der Waals surface area contributed by atoms with Gasteiger partial charge in [0.1, 0.15) is 5.82 Å². The van der Waals surface area contributed by atoms with Crippen LogP contribution in [0.1, 0.15) is 24.8 Å². The van der Waals surface area contributed by atoms with Gasteiger partial charge >= 0.3 is 0 Å². The van der Waals surface area contributed by atoms with E-state index in [-0.39, 0.29) is 0 Å². The average molecular weight is 347 g/mol. The molecular formula is C17H19BrN2O. The summed E-state index contributed by atoms with van der Waals surface area (Å²) in [7, 11) is 0. The Morgan fingerprint density at radius 1 is 1.29 bits per heavy atom. The molecule has 1 saturated heterocycles. The van der Waals surface area contributed by atoms with Gasteiger partial charge in [0.25, 0.3) is 0 Å². The Morgan fingerprint density at radius 3 is 3.10 bits per heavy atom. The van der Waals surface area contributed by atoms with Crippen molar-refractivity contribution in [3.63, 3.8) is 0 Å². The number of fused-ring (bicyclic) bond motifs is 2. The summed E-state index contributed by atoms with van der Waals surface area (Å²) in [6.07, 6.45) is 4.08. The quantitative estimate of drug-likeness (QED) is 0.771. The first-order valence-electron chi connectivity index (χ1n) is 7.69. The number of alkyl halides is 1. The summed E-state index contributed by atoms with van der Waals surface area (Å²) in [5, 5.41) is 2.06. The van der Waals surface area contributed by atoms with Crippen molar-refractivity contribution in [1.82, 2.24) is 4.98 Å². The molecular weight excluding hydrogens is 328 g/mol. The van der Waals surface area contributed by atoms with Gasteiger partial charge in [-0.15, -0.1) is 0 Å². The minimum absolute atomic E-state index is 0.398. The van der Waals surface area contributed by atoms with Crippen LogP contribution in [0.4, 0.5) is 5.82 Å². The lowest BCUT2D eigenvalue weighted by atomic mass is 10.1. The highest BCUT2D eigenvalue weighted by molar-refractivity contribution is 9.08. The number of rotatable bonds is 2. The Bertz CT molecular complexity index is 660. The molecule has 0 bridgehead atoms. The number of hydrogen-bond donors (Lipinski definition) is 0. The number of para-hydroxylation sites is 1. The number of ether oxygens (including phenoxy) is 1. The number of pyridine rings is 1.